The highest BCUT2D eigenvalue weighted by atomic mass is 32.1. The van der Waals surface area contributed by atoms with Gasteiger partial charge in [0.15, 0.2) is 5.76 Å². The lowest BCUT2D eigenvalue weighted by atomic mass is 10.0. The van der Waals surface area contributed by atoms with Crippen molar-refractivity contribution in [2.24, 2.45) is 0 Å². The van der Waals surface area contributed by atoms with E-state index < -0.39 is 0 Å². The Hall–Kier alpha value is -1.66. The molecular weight excluding hydrogens is 310 g/mol. The molecule has 0 aromatic carbocycles. The normalized spacial score (nSPS) is 16.2. The third-order valence-corrected chi connectivity index (χ3v) is 5.34. The molecule has 3 rings (SSSR count). The summed E-state index contributed by atoms with van der Waals surface area (Å²) in [4.78, 5) is 18.7. The van der Waals surface area contributed by atoms with Gasteiger partial charge in [-0.1, -0.05) is 13.8 Å². The number of nitrogens with zero attached hydrogens (tertiary/aromatic N) is 2. The van der Waals surface area contributed by atoms with Gasteiger partial charge in [0.25, 0.3) is 5.91 Å². The van der Waals surface area contributed by atoms with E-state index >= 15 is 0 Å². The third-order valence-electron chi connectivity index (χ3n) is 4.15. The molecule has 0 saturated carbocycles. The van der Waals surface area contributed by atoms with Gasteiger partial charge < -0.3 is 14.6 Å². The summed E-state index contributed by atoms with van der Waals surface area (Å²) in [6.07, 6.45) is 3.47. The maximum Gasteiger partial charge on any atom is 0.289 e. The van der Waals surface area contributed by atoms with Crippen LogP contribution in [0, 0.1) is 0 Å². The van der Waals surface area contributed by atoms with Crippen molar-refractivity contribution in [2.45, 2.75) is 45.2 Å². The van der Waals surface area contributed by atoms with E-state index in [0.29, 0.717) is 17.7 Å². The van der Waals surface area contributed by atoms with Crippen LogP contribution in [-0.4, -0.2) is 34.9 Å². The first kappa shape index (κ1) is 16.2. The number of carbonyl (C=O) groups excluding carboxylic acids is 1. The molecule has 0 unspecified atom stereocenters. The molecule has 1 N–H and O–H groups in total. The van der Waals surface area contributed by atoms with Crippen molar-refractivity contribution in [3.63, 3.8) is 0 Å². The first-order chi connectivity index (χ1) is 11.1. The van der Waals surface area contributed by atoms with Crippen molar-refractivity contribution in [1.82, 2.24) is 15.2 Å². The summed E-state index contributed by atoms with van der Waals surface area (Å²) in [6.45, 7) is 6.68. The van der Waals surface area contributed by atoms with Gasteiger partial charge in [-0.2, -0.15) is 0 Å². The Labute approximate surface area is 140 Å². The fourth-order valence-electron chi connectivity index (χ4n) is 2.76. The summed E-state index contributed by atoms with van der Waals surface area (Å²) in [5, 5.41) is 6.90. The molecule has 23 heavy (non-hydrogen) atoms. The Morgan fingerprint density at radius 3 is 2.87 bits per heavy atom. The molecule has 1 amide bonds. The number of furan rings is 1. The predicted molar refractivity (Wildman–Crippen MR) is 90.7 cm³/mol. The van der Waals surface area contributed by atoms with Crippen molar-refractivity contribution in [3.8, 4) is 0 Å². The Bertz CT molecular complexity index is 628. The van der Waals surface area contributed by atoms with Crippen LogP contribution in [0.15, 0.2) is 28.2 Å². The highest BCUT2D eigenvalue weighted by Crippen LogP contribution is 2.20. The van der Waals surface area contributed by atoms with Gasteiger partial charge in [0.2, 0.25) is 0 Å². The number of aromatic nitrogens is 1. The standard InChI is InChI=1S/C17H23N3O2S/c1-12(2)16-19-14(11-23-16)10-18-13-5-7-20(8-6-13)17(21)15-4-3-9-22-15/h3-4,9,11-13,18H,5-8,10H2,1-2H3. The van der Waals surface area contributed by atoms with Gasteiger partial charge >= 0.3 is 0 Å². The van der Waals surface area contributed by atoms with E-state index in [9.17, 15) is 4.79 Å². The third kappa shape index (κ3) is 4.00. The number of thiazole rings is 1. The van der Waals surface area contributed by atoms with Crippen LogP contribution in [0.2, 0.25) is 0 Å². The topological polar surface area (TPSA) is 58.4 Å². The first-order valence-electron chi connectivity index (χ1n) is 8.14. The van der Waals surface area contributed by atoms with Crippen LogP contribution >= 0.6 is 11.3 Å². The van der Waals surface area contributed by atoms with E-state index in [1.807, 2.05) is 4.90 Å². The first-order valence-corrected chi connectivity index (χ1v) is 9.02. The molecule has 0 aliphatic carbocycles. The zero-order valence-electron chi connectivity index (χ0n) is 13.6. The van der Waals surface area contributed by atoms with E-state index in [0.717, 1.165) is 38.2 Å². The minimum atomic E-state index is -0.00507. The molecule has 3 heterocycles. The van der Waals surface area contributed by atoms with Gasteiger partial charge in [-0.3, -0.25) is 4.79 Å². The van der Waals surface area contributed by atoms with Crippen molar-refractivity contribution >= 4 is 17.2 Å². The smallest absolute Gasteiger partial charge is 0.289 e. The van der Waals surface area contributed by atoms with Gasteiger partial charge in [0.05, 0.1) is 17.0 Å². The largest absolute Gasteiger partial charge is 0.459 e. The number of hydrogen-bond donors (Lipinski definition) is 1. The molecule has 1 aliphatic rings. The van der Waals surface area contributed by atoms with Crippen molar-refractivity contribution < 1.29 is 9.21 Å². The van der Waals surface area contributed by atoms with Crippen LogP contribution in [0.3, 0.4) is 0 Å². The summed E-state index contributed by atoms with van der Waals surface area (Å²) in [5.41, 5.74) is 1.12. The summed E-state index contributed by atoms with van der Waals surface area (Å²) in [6, 6.07) is 3.92. The average Bonchev–Trinajstić information content (AvgIpc) is 3.24. The van der Waals surface area contributed by atoms with E-state index in [4.69, 9.17) is 4.42 Å². The molecule has 0 spiro atoms. The maximum atomic E-state index is 12.2. The number of amides is 1. The second-order valence-electron chi connectivity index (χ2n) is 6.26. The molecular formula is C17H23N3O2S. The molecule has 2 aromatic heterocycles. The Balaban J connectivity index is 1.45. The number of carbonyl (C=O) groups is 1. The second kappa shape index (κ2) is 7.27. The van der Waals surface area contributed by atoms with Crippen LogP contribution < -0.4 is 5.32 Å². The average molecular weight is 333 g/mol. The summed E-state index contributed by atoms with van der Waals surface area (Å²) >= 11 is 1.73. The fraction of sp³-hybridized carbons (Fsp3) is 0.529. The molecule has 6 heteroatoms. The van der Waals surface area contributed by atoms with E-state index in [-0.39, 0.29) is 5.91 Å². The highest BCUT2D eigenvalue weighted by Gasteiger charge is 2.24. The molecule has 0 bridgehead atoms. The van der Waals surface area contributed by atoms with Crippen LogP contribution in [0.25, 0.3) is 0 Å². The van der Waals surface area contributed by atoms with Gasteiger partial charge in [-0.15, -0.1) is 11.3 Å². The second-order valence-corrected chi connectivity index (χ2v) is 7.15. The zero-order chi connectivity index (χ0) is 16.2. The maximum absolute atomic E-state index is 12.2. The number of hydrogen-bond acceptors (Lipinski definition) is 5. The fourth-order valence-corrected chi connectivity index (χ4v) is 3.60. The number of nitrogens with one attached hydrogen (secondary N) is 1. The van der Waals surface area contributed by atoms with E-state index in [1.54, 1.807) is 29.7 Å². The Kier molecular flexibility index (Phi) is 5.13. The lowest BCUT2D eigenvalue weighted by molar-refractivity contribution is 0.0672. The quantitative estimate of drug-likeness (QED) is 0.912. The number of rotatable bonds is 5. The van der Waals surface area contributed by atoms with Crippen LogP contribution in [-0.2, 0) is 6.54 Å². The van der Waals surface area contributed by atoms with Gasteiger partial charge in [0.1, 0.15) is 0 Å². The van der Waals surface area contributed by atoms with Crippen LogP contribution in [0.5, 0.6) is 0 Å². The van der Waals surface area contributed by atoms with Crippen LogP contribution in [0.4, 0.5) is 0 Å². The summed E-state index contributed by atoms with van der Waals surface area (Å²) < 4.78 is 5.19. The van der Waals surface area contributed by atoms with Gasteiger partial charge in [0, 0.05) is 37.0 Å². The molecule has 1 saturated heterocycles. The SMILES string of the molecule is CC(C)c1nc(CNC2CCN(C(=O)c3ccco3)CC2)cs1. The van der Waals surface area contributed by atoms with Gasteiger partial charge in [-0.25, -0.2) is 4.98 Å². The Morgan fingerprint density at radius 2 is 2.26 bits per heavy atom. The van der Waals surface area contributed by atoms with Crippen LogP contribution in [0.1, 0.15) is 53.9 Å². The van der Waals surface area contributed by atoms with Crippen molar-refractivity contribution in [2.75, 3.05) is 13.1 Å². The Morgan fingerprint density at radius 1 is 1.48 bits per heavy atom. The molecule has 2 aromatic rings. The monoisotopic (exact) mass is 333 g/mol. The molecule has 1 fully saturated rings. The van der Waals surface area contributed by atoms with Crippen molar-refractivity contribution in [3.05, 3.63) is 40.2 Å². The van der Waals surface area contributed by atoms with E-state index in [1.165, 1.54) is 5.01 Å². The summed E-state index contributed by atoms with van der Waals surface area (Å²) in [7, 11) is 0. The molecule has 124 valence electrons. The number of likely N-dealkylation sites (tertiary alicyclic amines) is 1. The lowest BCUT2D eigenvalue weighted by Crippen LogP contribution is -2.44. The predicted octanol–water partition coefficient (Wildman–Crippen LogP) is 3.25. The van der Waals surface area contributed by atoms with Gasteiger partial charge in [-0.05, 0) is 25.0 Å². The minimum absolute atomic E-state index is 0.00507. The molecule has 5 nitrogen and oxygen atoms in total. The molecule has 1 aliphatic heterocycles. The van der Waals surface area contributed by atoms with E-state index in [2.05, 4.69) is 29.5 Å². The zero-order valence-corrected chi connectivity index (χ0v) is 14.4. The summed E-state index contributed by atoms with van der Waals surface area (Å²) in [5.74, 6) is 0.916. The van der Waals surface area contributed by atoms with Crippen molar-refractivity contribution in [1.29, 1.82) is 0 Å². The molecule has 0 radical (unpaired) electrons. The highest BCUT2D eigenvalue weighted by molar-refractivity contribution is 7.09. The number of piperidine rings is 1. The minimum Gasteiger partial charge on any atom is -0.459 e. The molecule has 0 atom stereocenters. The lowest BCUT2D eigenvalue weighted by Gasteiger charge is -2.31.